The predicted octanol–water partition coefficient (Wildman–Crippen LogP) is 3.62. The molecule has 0 aliphatic carbocycles. The zero-order valence-corrected chi connectivity index (χ0v) is 18.4. The highest BCUT2D eigenvalue weighted by atomic mass is 16.2. The Kier molecular flexibility index (Phi) is 5.05. The number of rotatable bonds is 5. The van der Waals surface area contributed by atoms with Gasteiger partial charge in [-0.1, -0.05) is 18.2 Å². The van der Waals surface area contributed by atoms with Crippen LogP contribution in [0.5, 0.6) is 0 Å². The van der Waals surface area contributed by atoms with Gasteiger partial charge in [-0.15, -0.1) is 0 Å². The number of ketones is 1. The van der Waals surface area contributed by atoms with Crippen molar-refractivity contribution in [2.24, 2.45) is 7.05 Å². The summed E-state index contributed by atoms with van der Waals surface area (Å²) in [4.78, 5) is 38.3. The third-order valence-electron chi connectivity index (χ3n) is 5.92. The van der Waals surface area contributed by atoms with Crippen LogP contribution in [0.1, 0.15) is 23.7 Å². The van der Waals surface area contributed by atoms with Gasteiger partial charge in [0.25, 0.3) is 0 Å². The first-order chi connectivity index (χ1) is 15.9. The molecule has 0 bridgehead atoms. The molecule has 0 saturated heterocycles. The van der Waals surface area contributed by atoms with Crippen LogP contribution in [0.2, 0.25) is 0 Å². The number of carbonyl (C=O) groups excluding carboxylic acids is 3. The number of aryl methyl sites for hydroxylation is 2. The molecule has 4 aromatic rings. The van der Waals surface area contributed by atoms with Crippen LogP contribution in [0.15, 0.2) is 60.8 Å². The van der Waals surface area contributed by atoms with Crippen molar-refractivity contribution in [2.45, 2.75) is 19.9 Å². The first kappa shape index (κ1) is 20.7. The number of aromatic nitrogens is 3. The van der Waals surface area contributed by atoms with Crippen LogP contribution >= 0.6 is 0 Å². The van der Waals surface area contributed by atoms with Crippen LogP contribution < -0.4 is 10.2 Å². The predicted molar refractivity (Wildman–Crippen MR) is 126 cm³/mol. The van der Waals surface area contributed by atoms with Gasteiger partial charge < -0.3 is 9.88 Å². The number of hydrogen-bond acceptors (Lipinski definition) is 4. The van der Waals surface area contributed by atoms with Gasteiger partial charge >= 0.3 is 0 Å². The molecule has 0 spiro atoms. The Hall–Kier alpha value is -4.20. The summed E-state index contributed by atoms with van der Waals surface area (Å²) in [6, 6.07) is 16.6. The Morgan fingerprint density at radius 2 is 1.85 bits per heavy atom. The lowest BCUT2D eigenvalue weighted by atomic mass is 10.1. The molecule has 2 amide bonds. The Morgan fingerprint density at radius 3 is 2.61 bits per heavy atom. The zero-order valence-electron chi connectivity index (χ0n) is 18.4. The van der Waals surface area contributed by atoms with E-state index in [1.54, 1.807) is 28.9 Å². The van der Waals surface area contributed by atoms with Crippen molar-refractivity contribution in [1.29, 1.82) is 0 Å². The van der Waals surface area contributed by atoms with Crippen molar-refractivity contribution in [3.63, 3.8) is 0 Å². The topological polar surface area (TPSA) is 89.2 Å². The van der Waals surface area contributed by atoms with Crippen molar-refractivity contribution in [2.75, 3.05) is 16.8 Å². The SMILES string of the molecule is CC(=O)c1ccc(NC(=O)CN2C(=O)CCn3nc(-c4cn(C)c5ccccc45)cc32)cc1. The molecular weight excluding hydrogens is 418 g/mol. The molecule has 1 aliphatic heterocycles. The molecule has 8 heteroatoms. The number of carbonyl (C=O) groups is 3. The quantitative estimate of drug-likeness (QED) is 0.479. The molecule has 0 atom stereocenters. The molecule has 2 aromatic carbocycles. The number of fused-ring (bicyclic) bond motifs is 2. The fourth-order valence-corrected chi connectivity index (χ4v) is 4.23. The van der Waals surface area contributed by atoms with E-state index in [1.165, 1.54) is 11.8 Å². The molecule has 33 heavy (non-hydrogen) atoms. The molecule has 8 nitrogen and oxygen atoms in total. The third-order valence-corrected chi connectivity index (χ3v) is 5.92. The minimum absolute atomic E-state index is 0.0398. The number of amides is 2. The maximum absolute atomic E-state index is 12.7. The summed E-state index contributed by atoms with van der Waals surface area (Å²) in [7, 11) is 1.99. The Labute approximate surface area is 190 Å². The lowest BCUT2D eigenvalue weighted by Crippen LogP contribution is -2.42. The van der Waals surface area contributed by atoms with Crippen molar-refractivity contribution >= 4 is 40.0 Å². The molecule has 0 fully saturated rings. The third kappa shape index (κ3) is 3.80. The number of hydrogen-bond donors (Lipinski definition) is 1. The number of nitrogens with zero attached hydrogens (tertiary/aromatic N) is 4. The van der Waals surface area contributed by atoms with Crippen molar-refractivity contribution in [3.8, 4) is 11.3 Å². The van der Waals surface area contributed by atoms with Crippen molar-refractivity contribution < 1.29 is 14.4 Å². The fraction of sp³-hybridized carbons (Fsp3) is 0.200. The van der Waals surface area contributed by atoms with E-state index in [0.717, 1.165) is 22.2 Å². The van der Waals surface area contributed by atoms with E-state index in [2.05, 4.69) is 22.0 Å². The standard InChI is InChI=1S/C25H23N5O3/c1-16(31)17-7-9-18(10-8-17)26-23(32)15-29-24-13-21(27-30(24)12-11-25(29)33)20-14-28(2)22-6-4-3-5-19(20)22/h3-10,13-14H,11-12,15H2,1-2H3,(H,26,32). The van der Waals surface area contributed by atoms with Gasteiger partial charge in [0, 0.05) is 53.4 Å². The summed E-state index contributed by atoms with van der Waals surface area (Å²) in [5.74, 6) is 0.132. The largest absolute Gasteiger partial charge is 0.350 e. The van der Waals surface area contributed by atoms with Crippen LogP contribution in [0.4, 0.5) is 11.5 Å². The van der Waals surface area contributed by atoms with Gasteiger partial charge in [0.15, 0.2) is 5.78 Å². The van der Waals surface area contributed by atoms with Gasteiger partial charge in [0.2, 0.25) is 11.8 Å². The average molecular weight is 441 g/mol. The van der Waals surface area contributed by atoms with Crippen molar-refractivity contribution in [3.05, 3.63) is 66.4 Å². The molecule has 0 saturated carbocycles. The highest BCUT2D eigenvalue weighted by Crippen LogP contribution is 2.33. The molecule has 0 unspecified atom stereocenters. The number of anilines is 2. The maximum atomic E-state index is 12.7. The Balaban J connectivity index is 1.40. The number of benzene rings is 2. The number of nitrogens with one attached hydrogen (secondary N) is 1. The summed E-state index contributed by atoms with van der Waals surface area (Å²) < 4.78 is 3.84. The highest BCUT2D eigenvalue weighted by Gasteiger charge is 2.28. The van der Waals surface area contributed by atoms with Crippen LogP contribution in [0, 0.1) is 0 Å². The molecular formula is C25H23N5O3. The van der Waals surface area contributed by atoms with Crippen molar-refractivity contribution in [1.82, 2.24) is 14.3 Å². The average Bonchev–Trinajstić information content (AvgIpc) is 3.38. The first-order valence-corrected chi connectivity index (χ1v) is 10.7. The van der Waals surface area contributed by atoms with Crippen LogP contribution in [0.3, 0.4) is 0 Å². The van der Waals surface area contributed by atoms with Crippen LogP contribution in [0.25, 0.3) is 22.2 Å². The summed E-state index contributed by atoms with van der Waals surface area (Å²) in [6.45, 7) is 1.85. The summed E-state index contributed by atoms with van der Waals surface area (Å²) in [6.07, 6.45) is 2.31. The van der Waals surface area contributed by atoms with Gasteiger partial charge in [0.1, 0.15) is 12.4 Å². The Bertz CT molecular complexity index is 1400. The van der Waals surface area contributed by atoms with E-state index in [1.807, 2.05) is 31.4 Å². The second kappa shape index (κ2) is 8.05. The van der Waals surface area contributed by atoms with E-state index in [4.69, 9.17) is 5.10 Å². The van der Waals surface area contributed by atoms with Gasteiger partial charge in [0.05, 0.1) is 12.2 Å². The summed E-state index contributed by atoms with van der Waals surface area (Å²) in [5, 5.41) is 8.61. The highest BCUT2D eigenvalue weighted by molar-refractivity contribution is 6.04. The maximum Gasteiger partial charge on any atom is 0.244 e. The van der Waals surface area contributed by atoms with E-state index >= 15 is 0 Å². The number of Topliss-reactive ketones (excluding diaryl/α,β-unsaturated/α-hetero) is 1. The minimum Gasteiger partial charge on any atom is -0.350 e. The lowest BCUT2D eigenvalue weighted by molar-refractivity contribution is -0.122. The molecule has 1 aliphatic rings. The first-order valence-electron chi connectivity index (χ1n) is 10.7. The van der Waals surface area contributed by atoms with Crippen LogP contribution in [-0.2, 0) is 23.2 Å². The fourth-order valence-electron chi connectivity index (χ4n) is 4.23. The lowest BCUT2D eigenvalue weighted by Gasteiger charge is -2.26. The molecule has 5 rings (SSSR count). The van der Waals surface area contributed by atoms with E-state index < -0.39 is 0 Å². The monoisotopic (exact) mass is 441 g/mol. The van der Waals surface area contributed by atoms with E-state index in [-0.39, 0.29) is 30.6 Å². The Morgan fingerprint density at radius 1 is 1.09 bits per heavy atom. The molecule has 1 N–H and O–H groups in total. The summed E-state index contributed by atoms with van der Waals surface area (Å²) in [5.41, 5.74) is 3.99. The molecule has 0 radical (unpaired) electrons. The van der Waals surface area contributed by atoms with E-state index in [0.29, 0.717) is 23.6 Å². The smallest absolute Gasteiger partial charge is 0.244 e. The second-order valence-corrected chi connectivity index (χ2v) is 8.19. The number of para-hydroxylation sites is 1. The van der Waals surface area contributed by atoms with Gasteiger partial charge in [-0.25, -0.2) is 4.68 Å². The van der Waals surface area contributed by atoms with Gasteiger partial charge in [-0.05, 0) is 37.3 Å². The van der Waals surface area contributed by atoms with Crippen LogP contribution in [-0.4, -0.2) is 38.5 Å². The summed E-state index contributed by atoms with van der Waals surface area (Å²) >= 11 is 0. The molecule has 166 valence electrons. The molecule has 3 heterocycles. The zero-order chi connectivity index (χ0) is 23.1. The second-order valence-electron chi connectivity index (χ2n) is 8.19. The van der Waals surface area contributed by atoms with E-state index in [9.17, 15) is 14.4 Å². The van der Waals surface area contributed by atoms with Gasteiger partial charge in [-0.2, -0.15) is 5.10 Å². The minimum atomic E-state index is -0.319. The molecule has 2 aromatic heterocycles. The normalized spacial score (nSPS) is 13.3. The van der Waals surface area contributed by atoms with Gasteiger partial charge in [-0.3, -0.25) is 19.3 Å².